The van der Waals surface area contributed by atoms with Crippen LogP contribution in [-0.4, -0.2) is 57.6 Å². The summed E-state index contributed by atoms with van der Waals surface area (Å²) in [5, 5.41) is 8.65. The Bertz CT molecular complexity index is 1210. The molecule has 2 unspecified atom stereocenters. The molecule has 158 valence electrons. The fraction of sp³-hybridized carbons (Fsp3) is 0.304. The first-order chi connectivity index (χ1) is 15.1. The molecule has 1 aliphatic rings. The lowest BCUT2D eigenvalue weighted by Crippen LogP contribution is -2.45. The predicted molar refractivity (Wildman–Crippen MR) is 119 cm³/mol. The van der Waals surface area contributed by atoms with E-state index in [1.807, 2.05) is 30.5 Å². The van der Waals surface area contributed by atoms with E-state index in [0.717, 1.165) is 58.1 Å². The molecule has 0 aliphatic carbocycles. The number of hydrogen-bond donors (Lipinski definition) is 1. The summed E-state index contributed by atoms with van der Waals surface area (Å²) < 4.78 is 11.4. The first kappa shape index (κ1) is 19.4. The van der Waals surface area contributed by atoms with Crippen molar-refractivity contribution in [1.29, 1.82) is 0 Å². The molecule has 1 saturated heterocycles. The molecular weight excluding hydrogens is 392 g/mol. The van der Waals surface area contributed by atoms with Crippen LogP contribution in [0.3, 0.4) is 0 Å². The van der Waals surface area contributed by atoms with E-state index in [4.69, 9.17) is 9.47 Å². The minimum Gasteiger partial charge on any atom is -0.496 e. The number of nitrogens with zero attached hydrogens (tertiary/aromatic N) is 5. The third-order valence-corrected chi connectivity index (χ3v) is 5.51. The van der Waals surface area contributed by atoms with Gasteiger partial charge < -0.3 is 14.4 Å². The van der Waals surface area contributed by atoms with E-state index in [0.29, 0.717) is 0 Å². The molecule has 0 saturated carbocycles. The van der Waals surface area contributed by atoms with Gasteiger partial charge in [0.05, 0.1) is 30.5 Å². The second-order valence-electron chi connectivity index (χ2n) is 7.83. The number of fused-ring (bicyclic) bond motifs is 1. The van der Waals surface area contributed by atoms with E-state index in [2.05, 4.69) is 50.0 Å². The number of aromatic nitrogens is 5. The smallest absolute Gasteiger partial charge is 0.132 e. The second-order valence-corrected chi connectivity index (χ2v) is 7.83. The molecule has 1 aromatic carbocycles. The van der Waals surface area contributed by atoms with Gasteiger partial charge in [0.2, 0.25) is 0 Å². The number of pyridine rings is 1. The fourth-order valence-electron chi connectivity index (χ4n) is 4.17. The summed E-state index contributed by atoms with van der Waals surface area (Å²) in [5.74, 6) is 1.66. The number of morpholine rings is 1. The van der Waals surface area contributed by atoms with Gasteiger partial charge in [-0.25, -0.2) is 9.97 Å². The van der Waals surface area contributed by atoms with Gasteiger partial charge in [0, 0.05) is 42.5 Å². The molecule has 2 atom stereocenters. The highest BCUT2D eigenvalue weighted by atomic mass is 16.5. The number of rotatable bonds is 4. The molecule has 1 N–H and O–H groups in total. The van der Waals surface area contributed by atoms with Crippen molar-refractivity contribution < 1.29 is 9.47 Å². The normalized spacial score (nSPS) is 19.0. The first-order valence-corrected chi connectivity index (χ1v) is 10.3. The molecular formula is C23H24N6O2. The van der Waals surface area contributed by atoms with Gasteiger partial charge in [-0.1, -0.05) is 6.07 Å². The monoisotopic (exact) mass is 416 g/mol. The molecule has 0 radical (unpaired) electrons. The van der Waals surface area contributed by atoms with Crippen LogP contribution < -0.4 is 9.64 Å². The van der Waals surface area contributed by atoms with Crippen molar-refractivity contribution in [1.82, 2.24) is 25.1 Å². The number of anilines is 1. The van der Waals surface area contributed by atoms with Gasteiger partial charge in [-0.3, -0.25) is 10.1 Å². The average molecular weight is 416 g/mol. The summed E-state index contributed by atoms with van der Waals surface area (Å²) in [6.07, 6.45) is 5.45. The van der Waals surface area contributed by atoms with Crippen LogP contribution in [0.15, 0.2) is 49.1 Å². The molecule has 0 bridgehead atoms. The quantitative estimate of drug-likeness (QED) is 0.542. The molecule has 3 aromatic heterocycles. The molecule has 4 heterocycles. The van der Waals surface area contributed by atoms with Crippen LogP contribution in [0.1, 0.15) is 13.8 Å². The van der Waals surface area contributed by atoms with Gasteiger partial charge >= 0.3 is 0 Å². The van der Waals surface area contributed by atoms with E-state index in [1.165, 1.54) is 0 Å². The van der Waals surface area contributed by atoms with Crippen molar-refractivity contribution in [2.45, 2.75) is 26.1 Å². The Labute approximate surface area is 180 Å². The molecule has 0 spiro atoms. The Morgan fingerprint density at radius 3 is 2.74 bits per heavy atom. The Morgan fingerprint density at radius 2 is 1.94 bits per heavy atom. The minimum absolute atomic E-state index is 0.158. The maximum Gasteiger partial charge on any atom is 0.132 e. The van der Waals surface area contributed by atoms with Crippen molar-refractivity contribution in [2.75, 3.05) is 25.1 Å². The van der Waals surface area contributed by atoms with Crippen LogP contribution in [0.2, 0.25) is 0 Å². The Balaban J connectivity index is 1.55. The van der Waals surface area contributed by atoms with Gasteiger partial charge in [-0.05, 0) is 37.6 Å². The Morgan fingerprint density at radius 1 is 1.10 bits per heavy atom. The van der Waals surface area contributed by atoms with Crippen molar-refractivity contribution in [2.24, 2.45) is 0 Å². The van der Waals surface area contributed by atoms with Gasteiger partial charge in [-0.2, -0.15) is 5.10 Å². The number of nitrogens with one attached hydrogen (secondary N) is 1. The number of methoxy groups -OCH3 is 1. The third-order valence-electron chi connectivity index (χ3n) is 5.51. The Kier molecular flexibility index (Phi) is 4.99. The van der Waals surface area contributed by atoms with E-state index in [-0.39, 0.29) is 12.2 Å². The lowest BCUT2D eigenvalue weighted by Gasteiger charge is -2.36. The molecule has 4 aromatic rings. The van der Waals surface area contributed by atoms with Crippen LogP contribution in [0.25, 0.3) is 33.4 Å². The minimum atomic E-state index is 0.158. The van der Waals surface area contributed by atoms with E-state index in [9.17, 15) is 0 Å². The fourth-order valence-corrected chi connectivity index (χ4v) is 4.17. The zero-order valence-corrected chi connectivity index (χ0v) is 17.7. The molecule has 8 heteroatoms. The van der Waals surface area contributed by atoms with Crippen molar-refractivity contribution in [3.8, 4) is 28.3 Å². The standard InChI is InChI=1S/C23H24N6O2/c1-14-11-29(12-15(2)31-14)22-9-20(25-13-26-22)23-17-8-16(4-5-19(17)27-28-23)18-10-24-7-6-21(18)30-3/h4-10,13-15H,11-12H2,1-3H3,(H,27,28). The highest BCUT2D eigenvalue weighted by molar-refractivity contribution is 5.95. The van der Waals surface area contributed by atoms with Crippen molar-refractivity contribution in [3.63, 3.8) is 0 Å². The van der Waals surface area contributed by atoms with Crippen LogP contribution in [0.5, 0.6) is 5.75 Å². The molecule has 8 nitrogen and oxygen atoms in total. The number of hydrogen-bond acceptors (Lipinski definition) is 7. The second kappa shape index (κ2) is 7.96. The van der Waals surface area contributed by atoms with Crippen LogP contribution in [-0.2, 0) is 4.74 Å². The summed E-state index contributed by atoms with van der Waals surface area (Å²) in [6.45, 7) is 5.76. The van der Waals surface area contributed by atoms with Crippen LogP contribution >= 0.6 is 0 Å². The molecule has 5 rings (SSSR count). The van der Waals surface area contributed by atoms with E-state index >= 15 is 0 Å². The number of benzene rings is 1. The van der Waals surface area contributed by atoms with Gasteiger partial charge in [0.25, 0.3) is 0 Å². The van der Waals surface area contributed by atoms with Gasteiger partial charge in [-0.15, -0.1) is 0 Å². The molecule has 1 fully saturated rings. The molecule has 31 heavy (non-hydrogen) atoms. The molecule has 1 aliphatic heterocycles. The van der Waals surface area contributed by atoms with Gasteiger partial charge in [0.15, 0.2) is 0 Å². The van der Waals surface area contributed by atoms with E-state index in [1.54, 1.807) is 19.6 Å². The average Bonchev–Trinajstić information content (AvgIpc) is 3.22. The SMILES string of the molecule is COc1ccncc1-c1ccc2[nH]nc(-c3cc(N4CC(C)OC(C)C4)ncn3)c2c1. The topological polar surface area (TPSA) is 89.0 Å². The molecule has 0 amide bonds. The highest BCUT2D eigenvalue weighted by Crippen LogP contribution is 2.34. The summed E-state index contributed by atoms with van der Waals surface area (Å²) in [5.41, 5.74) is 4.44. The maximum atomic E-state index is 5.85. The zero-order chi connectivity index (χ0) is 21.4. The summed E-state index contributed by atoms with van der Waals surface area (Å²) in [7, 11) is 1.66. The lowest BCUT2D eigenvalue weighted by molar-refractivity contribution is -0.00546. The third kappa shape index (κ3) is 3.70. The predicted octanol–water partition coefficient (Wildman–Crippen LogP) is 3.70. The largest absolute Gasteiger partial charge is 0.496 e. The number of aromatic amines is 1. The summed E-state index contributed by atoms with van der Waals surface area (Å²) in [4.78, 5) is 15.5. The van der Waals surface area contributed by atoms with E-state index < -0.39 is 0 Å². The summed E-state index contributed by atoms with van der Waals surface area (Å²) >= 11 is 0. The maximum absolute atomic E-state index is 5.85. The zero-order valence-electron chi connectivity index (χ0n) is 17.7. The van der Waals surface area contributed by atoms with Crippen molar-refractivity contribution >= 4 is 16.7 Å². The van der Waals surface area contributed by atoms with Crippen molar-refractivity contribution in [3.05, 3.63) is 49.1 Å². The van der Waals surface area contributed by atoms with Crippen LogP contribution in [0, 0.1) is 0 Å². The van der Waals surface area contributed by atoms with Crippen LogP contribution in [0.4, 0.5) is 5.82 Å². The number of H-pyrrole nitrogens is 1. The number of ether oxygens (including phenoxy) is 2. The highest BCUT2D eigenvalue weighted by Gasteiger charge is 2.24. The van der Waals surface area contributed by atoms with Gasteiger partial charge in [0.1, 0.15) is 23.6 Å². The first-order valence-electron chi connectivity index (χ1n) is 10.3. The Hall–Kier alpha value is -3.52. The summed E-state index contributed by atoms with van der Waals surface area (Å²) in [6, 6.07) is 10.00. The lowest BCUT2D eigenvalue weighted by atomic mass is 10.0.